The Morgan fingerprint density at radius 1 is 1.25 bits per heavy atom. The van der Waals surface area contributed by atoms with Gasteiger partial charge in [0.1, 0.15) is 17.7 Å². The first kappa shape index (κ1) is 17.1. The van der Waals surface area contributed by atoms with E-state index in [1.807, 2.05) is 17.8 Å². The monoisotopic (exact) mass is 333 g/mol. The molecule has 0 saturated carbocycles. The number of piperidine rings is 1. The highest BCUT2D eigenvalue weighted by atomic mass is 19.1. The molecule has 1 aromatic carbocycles. The summed E-state index contributed by atoms with van der Waals surface area (Å²) in [6.07, 6.45) is 3.79. The van der Waals surface area contributed by atoms with Crippen LogP contribution in [0.5, 0.6) is 0 Å². The lowest BCUT2D eigenvalue weighted by atomic mass is 9.90. The fraction of sp³-hybridized carbons (Fsp3) is 0.500. The van der Waals surface area contributed by atoms with Gasteiger partial charge in [0.05, 0.1) is 6.10 Å². The van der Waals surface area contributed by atoms with Gasteiger partial charge in [0.15, 0.2) is 0 Å². The number of rotatable bonds is 5. The second-order valence-corrected chi connectivity index (χ2v) is 6.52. The number of aryl methyl sites for hydroxylation is 1. The average molecular weight is 333 g/mol. The highest BCUT2D eigenvalue weighted by Crippen LogP contribution is 2.30. The summed E-state index contributed by atoms with van der Waals surface area (Å²) in [5, 5.41) is 20.8. The number of halogens is 1. The van der Waals surface area contributed by atoms with Crippen LogP contribution < -0.4 is 0 Å². The number of nitrogens with zero attached hydrogens (tertiary/aromatic N) is 3. The molecule has 2 unspecified atom stereocenters. The maximum atomic E-state index is 13.7. The standard InChI is InChI=1S/C18H24FN3O2/c1-21-11-8-20-18(21)17(24)13-6-9-22(10-7-13)12-16(23)14-4-2-3-5-15(14)19/h2-5,8,11,13,16-17,23-24H,6-7,9-10,12H2,1H3. The van der Waals surface area contributed by atoms with Crippen molar-refractivity contribution in [1.29, 1.82) is 0 Å². The third-order valence-electron chi connectivity index (χ3n) is 4.90. The van der Waals surface area contributed by atoms with Crippen molar-refractivity contribution < 1.29 is 14.6 Å². The van der Waals surface area contributed by atoms with Gasteiger partial charge in [-0.15, -0.1) is 0 Å². The number of likely N-dealkylation sites (tertiary alicyclic amines) is 1. The van der Waals surface area contributed by atoms with Crippen molar-refractivity contribution in [3.05, 3.63) is 53.9 Å². The Kier molecular flexibility index (Phi) is 5.28. The van der Waals surface area contributed by atoms with Gasteiger partial charge in [-0.2, -0.15) is 0 Å². The van der Waals surface area contributed by atoms with Crippen molar-refractivity contribution in [3.8, 4) is 0 Å². The molecule has 0 bridgehead atoms. The summed E-state index contributed by atoms with van der Waals surface area (Å²) in [6, 6.07) is 6.35. The van der Waals surface area contributed by atoms with Gasteiger partial charge in [-0.25, -0.2) is 9.37 Å². The lowest BCUT2D eigenvalue weighted by molar-refractivity contribution is 0.0340. The van der Waals surface area contributed by atoms with Gasteiger partial charge < -0.3 is 19.7 Å². The molecule has 1 aliphatic heterocycles. The van der Waals surface area contributed by atoms with Crippen molar-refractivity contribution in [2.24, 2.45) is 13.0 Å². The third-order valence-corrected chi connectivity index (χ3v) is 4.90. The smallest absolute Gasteiger partial charge is 0.137 e. The van der Waals surface area contributed by atoms with Crippen LogP contribution >= 0.6 is 0 Å². The van der Waals surface area contributed by atoms with Gasteiger partial charge in [-0.1, -0.05) is 18.2 Å². The first-order chi connectivity index (χ1) is 11.6. The van der Waals surface area contributed by atoms with E-state index in [4.69, 9.17) is 0 Å². The number of aliphatic hydroxyl groups is 2. The molecule has 1 fully saturated rings. The fourth-order valence-electron chi connectivity index (χ4n) is 3.41. The van der Waals surface area contributed by atoms with E-state index in [0.717, 1.165) is 25.9 Å². The van der Waals surface area contributed by atoms with Crippen molar-refractivity contribution >= 4 is 0 Å². The van der Waals surface area contributed by atoms with Gasteiger partial charge >= 0.3 is 0 Å². The minimum atomic E-state index is -0.831. The van der Waals surface area contributed by atoms with Crippen LogP contribution in [0.3, 0.4) is 0 Å². The zero-order valence-corrected chi connectivity index (χ0v) is 13.8. The molecule has 2 atom stereocenters. The van der Waals surface area contributed by atoms with Gasteiger partial charge in [-0.3, -0.25) is 0 Å². The largest absolute Gasteiger partial charge is 0.387 e. The van der Waals surface area contributed by atoms with E-state index in [0.29, 0.717) is 17.9 Å². The lowest BCUT2D eigenvalue weighted by Crippen LogP contribution is -2.38. The number of aromatic nitrogens is 2. The summed E-state index contributed by atoms with van der Waals surface area (Å²) in [7, 11) is 1.88. The molecule has 0 spiro atoms. The molecule has 2 heterocycles. The first-order valence-corrected chi connectivity index (χ1v) is 8.36. The SMILES string of the molecule is Cn1ccnc1C(O)C1CCN(CC(O)c2ccccc2F)CC1. The van der Waals surface area contributed by atoms with E-state index in [1.54, 1.807) is 24.4 Å². The summed E-state index contributed by atoms with van der Waals surface area (Å²) >= 11 is 0. The van der Waals surface area contributed by atoms with Crippen molar-refractivity contribution in [1.82, 2.24) is 14.5 Å². The number of hydrogen-bond donors (Lipinski definition) is 2. The Morgan fingerprint density at radius 3 is 2.58 bits per heavy atom. The molecule has 24 heavy (non-hydrogen) atoms. The summed E-state index contributed by atoms with van der Waals surface area (Å²) in [4.78, 5) is 6.35. The second kappa shape index (κ2) is 7.42. The number of benzene rings is 1. The van der Waals surface area contributed by atoms with E-state index < -0.39 is 12.2 Å². The predicted molar refractivity (Wildman–Crippen MR) is 88.7 cm³/mol. The lowest BCUT2D eigenvalue weighted by Gasteiger charge is -2.35. The molecular formula is C18H24FN3O2. The van der Waals surface area contributed by atoms with Crippen molar-refractivity contribution in [3.63, 3.8) is 0 Å². The van der Waals surface area contributed by atoms with Gasteiger partial charge in [0.2, 0.25) is 0 Å². The maximum absolute atomic E-state index is 13.7. The zero-order chi connectivity index (χ0) is 17.1. The highest BCUT2D eigenvalue weighted by Gasteiger charge is 2.29. The molecule has 1 aliphatic rings. The highest BCUT2D eigenvalue weighted by molar-refractivity contribution is 5.20. The van der Waals surface area contributed by atoms with Crippen LogP contribution in [0, 0.1) is 11.7 Å². The van der Waals surface area contributed by atoms with Crippen LogP contribution in [0.25, 0.3) is 0 Å². The number of hydrogen-bond acceptors (Lipinski definition) is 4. The average Bonchev–Trinajstić information content (AvgIpc) is 3.01. The zero-order valence-electron chi connectivity index (χ0n) is 13.8. The van der Waals surface area contributed by atoms with Crippen LogP contribution in [0.4, 0.5) is 4.39 Å². The van der Waals surface area contributed by atoms with E-state index in [9.17, 15) is 14.6 Å². The fourth-order valence-corrected chi connectivity index (χ4v) is 3.41. The van der Waals surface area contributed by atoms with Crippen LogP contribution in [-0.2, 0) is 7.05 Å². The maximum Gasteiger partial charge on any atom is 0.137 e. The molecule has 2 aromatic rings. The quantitative estimate of drug-likeness (QED) is 0.879. The van der Waals surface area contributed by atoms with Gasteiger partial charge in [0, 0.05) is 31.5 Å². The van der Waals surface area contributed by atoms with Crippen molar-refractivity contribution in [2.75, 3.05) is 19.6 Å². The molecule has 130 valence electrons. The Morgan fingerprint density at radius 2 is 1.96 bits per heavy atom. The predicted octanol–water partition coefficient (Wildman–Crippen LogP) is 2.04. The van der Waals surface area contributed by atoms with Gasteiger partial charge in [-0.05, 0) is 37.9 Å². The number of β-amino-alcohol motifs (C(OH)–C–C–N with tert-alkyl or cyclic N) is 1. The van der Waals surface area contributed by atoms with Crippen LogP contribution in [0.15, 0.2) is 36.7 Å². The Labute approximate surface area is 141 Å². The Balaban J connectivity index is 1.54. The second-order valence-electron chi connectivity index (χ2n) is 6.52. The Bertz CT molecular complexity index is 668. The number of imidazole rings is 1. The number of aliphatic hydroxyl groups excluding tert-OH is 2. The molecule has 2 N–H and O–H groups in total. The summed E-state index contributed by atoms with van der Waals surface area (Å²) < 4.78 is 15.6. The minimum absolute atomic E-state index is 0.160. The summed E-state index contributed by atoms with van der Waals surface area (Å²) in [5.41, 5.74) is 0.340. The summed E-state index contributed by atoms with van der Waals surface area (Å²) in [6.45, 7) is 1.96. The molecule has 5 nitrogen and oxygen atoms in total. The van der Waals surface area contributed by atoms with E-state index >= 15 is 0 Å². The minimum Gasteiger partial charge on any atom is -0.387 e. The van der Waals surface area contributed by atoms with Crippen molar-refractivity contribution in [2.45, 2.75) is 25.0 Å². The van der Waals surface area contributed by atoms with Crippen LogP contribution in [-0.4, -0.2) is 44.3 Å². The molecule has 0 amide bonds. The Hall–Kier alpha value is -1.76. The molecule has 3 rings (SSSR count). The molecule has 1 saturated heterocycles. The van der Waals surface area contributed by atoms with Gasteiger partial charge in [0.25, 0.3) is 0 Å². The molecule has 1 aromatic heterocycles. The normalized spacial score (nSPS) is 19.3. The van der Waals surface area contributed by atoms with E-state index in [1.165, 1.54) is 6.07 Å². The van der Waals surface area contributed by atoms with E-state index in [2.05, 4.69) is 9.88 Å². The molecule has 0 aliphatic carbocycles. The van der Waals surface area contributed by atoms with E-state index in [-0.39, 0.29) is 11.7 Å². The molecule has 6 heteroatoms. The summed E-state index contributed by atoms with van der Waals surface area (Å²) in [5.74, 6) is 0.484. The third kappa shape index (κ3) is 3.66. The molecular weight excluding hydrogens is 309 g/mol. The molecule has 0 radical (unpaired) electrons. The first-order valence-electron chi connectivity index (χ1n) is 8.36. The topological polar surface area (TPSA) is 61.5 Å². The van der Waals surface area contributed by atoms with Crippen LogP contribution in [0.2, 0.25) is 0 Å². The van der Waals surface area contributed by atoms with Crippen LogP contribution in [0.1, 0.15) is 36.4 Å².